The zero-order valence-corrected chi connectivity index (χ0v) is 13.7. The number of amides is 1. The van der Waals surface area contributed by atoms with Crippen LogP contribution in [-0.2, 0) is 9.53 Å². The van der Waals surface area contributed by atoms with Crippen LogP contribution in [0, 0.1) is 0 Å². The van der Waals surface area contributed by atoms with E-state index in [0.29, 0.717) is 0 Å². The molecule has 2 aromatic rings. The highest BCUT2D eigenvalue weighted by Gasteiger charge is 2.28. The SMILES string of the molecule is C[C@H](NNNC(=O)OCC1c2ccccc2-c2ccccc21)C(=O)O. The number of carbonyl (C=O) groups excluding carboxylic acids is 1. The van der Waals surface area contributed by atoms with Crippen molar-refractivity contribution in [3.63, 3.8) is 0 Å². The van der Waals surface area contributed by atoms with Crippen molar-refractivity contribution < 1.29 is 19.4 Å². The summed E-state index contributed by atoms with van der Waals surface area (Å²) in [6.07, 6.45) is -0.688. The molecule has 0 bridgehead atoms. The molecule has 1 aliphatic rings. The molecule has 25 heavy (non-hydrogen) atoms. The van der Waals surface area contributed by atoms with Gasteiger partial charge in [-0.05, 0) is 29.2 Å². The summed E-state index contributed by atoms with van der Waals surface area (Å²) in [7, 11) is 0. The van der Waals surface area contributed by atoms with E-state index in [1.165, 1.54) is 6.92 Å². The lowest BCUT2D eigenvalue weighted by Gasteiger charge is -2.15. The van der Waals surface area contributed by atoms with Crippen LogP contribution in [0.2, 0.25) is 0 Å². The fraction of sp³-hybridized carbons (Fsp3) is 0.222. The lowest BCUT2D eigenvalue weighted by molar-refractivity contribution is -0.139. The number of benzene rings is 2. The number of aliphatic carboxylic acids is 1. The summed E-state index contributed by atoms with van der Waals surface area (Å²) in [4.78, 5) is 22.5. The number of hydrazine groups is 2. The maximum Gasteiger partial charge on any atom is 0.422 e. The Balaban J connectivity index is 1.60. The molecule has 7 nitrogen and oxygen atoms in total. The third kappa shape index (κ3) is 3.62. The zero-order chi connectivity index (χ0) is 17.8. The Hall–Kier alpha value is -2.90. The molecule has 0 unspecified atom stereocenters. The molecular weight excluding hydrogens is 322 g/mol. The van der Waals surface area contributed by atoms with Gasteiger partial charge in [0.25, 0.3) is 0 Å². The molecule has 7 heteroatoms. The lowest BCUT2D eigenvalue weighted by atomic mass is 9.98. The molecule has 0 aliphatic heterocycles. The number of carboxylic acid groups (broad SMARTS) is 1. The van der Waals surface area contributed by atoms with Gasteiger partial charge in [0.1, 0.15) is 12.6 Å². The van der Waals surface area contributed by atoms with E-state index >= 15 is 0 Å². The van der Waals surface area contributed by atoms with Crippen LogP contribution >= 0.6 is 0 Å². The second kappa shape index (κ2) is 7.33. The Labute approximate surface area is 144 Å². The molecule has 130 valence electrons. The van der Waals surface area contributed by atoms with Crippen LogP contribution in [0.4, 0.5) is 4.79 Å². The maximum absolute atomic E-state index is 11.8. The highest BCUT2D eigenvalue weighted by atomic mass is 16.6. The van der Waals surface area contributed by atoms with Gasteiger partial charge in [0.2, 0.25) is 0 Å². The number of carboxylic acids is 1. The van der Waals surface area contributed by atoms with E-state index in [1.54, 1.807) is 0 Å². The number of fused-ring (bicyclic) bond motifs is 3. The highest BCUT2D eigenvalue weighted by molar-refractivity contribution is 5.79. The van der Waals surface area contributed by atoms with Gasteiger partial charge < -0.3 is 9.84 Å². The van der Waals surface area contributed by atoms with Crippen LogP contribution in [-0.4, -0.2) is 29.8 Å². The minimum atomic E-state index is -1.04. The summed E-state index contributed by atoms with van der Waals surface area (Å²) >= 11 is 0. The summed E-state index contributed by atoms with van der Waals surface area (Å²) in [5.41, 5.74) is 11.6. The number of nitrogens with one attached hydrogen (secondary N) is 3. The molecule has 1 atom stereocenters. The molecule has 1 aliphatic carbocycles. The van der Waals surface area contributed by atoms with Crippen LogP contribution in [0.25, 0.3) is 11.1 Å². The molecule has 0 fully saturated rings. The van der Waals surface area contributed by atoms with Gasteiger partial charge >= 0.3 is 12.1 Å². The zero-order valence-electron chi connectivity index (χ0n) is 13.7. The maximum atomic E-state index is 11.8. The van der Waals surface area contributed by atoms with E-state index in [1.807, 2.05) is 36.4 Å². The van der Waals surface area contributed by atoms with E-state index < -0.39 is 18.1 Å². The van der Waals surface area contributed by atoms with Crippen molar-refractivity contribution in [3.05, 3.63) is 59.7 Å². The summed E-state index contributed by atoms with van der Waals surface area (Å²) < 4.78 is 5.28. The van der Waals surface area contributed by atoms with E-state index in [9.17, 15) is 9.59 Å². The van der Waals surface area contributed by atoms with Crippen LogP contribution in [0.15, 0.2) is 48.5 Å². The molecule has 0 saturated carbocycles. The normalized spacial score (nSPS) is 13.6. The molecule has 0 spiro atoms. The van der Waals surface area contributed by atoms with Gasteiger partial charge in [-0.3, -0.25) is 4.79 Å². The second-order valence-electron chi connectivity index (χ2n) is 5.78. The first-order valence-electron chi connectivity index (χ1n) is 7.92. The van der Waals surface area contributed by atoms with Crippen molar-refractivity contribution in [1.82, 2.24) is 16.4 Å². The van der Waals surface area contributed by atoms with Gasteiger partial charge in [0, 0.05) is 5.92 Å². The average Bonchev–Trinajstić information content (AvgIpc) is 2.94. The molecular formula is C18H19N3O4. The third-order valence-electron chi connectivity index (χ3n) is 4.17. The van der Waals surface area contributed by atoms with Gasteiger partial charge in [-0.15, -0.1) is 0 Å². The fourth-order valence-corrected chi connectivity index (χ4v) is 2.89. The van der Waals surface area contributed by atoms with E-state index in [-0.39, 0.29) is 12.5 Å². The topological polar surface area (TPSA) is 99.7 Å². The largest absolute Gasteiger partial charge is 0.480 e. The average molecular weight is 341 g/mol. The first-order chi connectivity index (χ1) is 12.1. The van der Waals surface area contributed by atoms with E-state index in [4.69, 9.17) is 9.84 Å². The number of ether oxygens (including phenoxy) is 1. The third-order valence-corrected chi connectivity index (χ3v) is 4.17. The van der Waals surface area contributed by atoms with Gasteiger partial charge in [-0.25, -0.2) is 15.6 Å². The minimum Gasteiger partial charge on any atom is -0.480 e. The molecule has 2 aromatic carbocycles. The summed E-state index contributed by atoms with van der Waals surface area (Å²) in [6.45, 7) is 1.63. The Kier molecular flexibility index (Phi) is 4.97. The Bertz CT molecular complexity index is 748. The smallest absolute Gasteiger partial charge is 0.422 e. The van der Waals surface area contributed by atoms with Crippen LogP contribution in [0.5, 0.6) is 0 Å². The van der Waals surface area contributed by atoms with Crippen molar-refractivity contribution in [3.8, 4) is 11.1 Å². The molecule has 0 aromatic heterocycles. The first-order valence-corrected chi connectivity index (χ1v) is 7.92. The van der Waals surface area contributed by atoms with Gasteiger partial charge in [-0.2, -0.15) is 5.53 Å². The number of rotatable bonds is 6. The predicted molar refractivity (Wildman–Crippen MR) is 91.6 cm³/mol. The van der Waals surface area contributed by atoms with Crippen molar-refractivity contribution in [2.75, 3.05) is 6.61 Å². The summed E-state index contributed by atoms with van der Waals surface area (Å²) in [5, 5.41) is 8.73. The molecule has 3 rings (SSSR count). The van der Waals surface area contributed by atoms with Crippen LogP contribution in [0.1, 0.15) is 24.0 Å². The van der Waals surface area contributed by atoms with E-state index in [2.05, 4.69) is 28.5 Å². The number of hydrogen-bond acceptors (Lipinski definition) is 5. The van der Waals surface area contributed by atoms with Gasteiger partial charge in [0.15, 0.2) is 0 Å². The van der Waals surface area contributed by atoms with Crippen molar-refractivity contribution >= 4 is 12.1 Å². The Morgan fingerprint density at radius 1 is 1.08 bits per heavy atom. The number of carbonyl (C=O) groups is 2. The van der Waals surface area contributed by atoms with Gasteiger partial charge in [-0.1, -0.05) is 48.5 Å². The van der Waals surface area contributed by atoms with Crippen LogP contribution in [0.3, 0.4) is 0 Å². The standard InChI is InChI=1S/C18H19N3O4/c1-11(17(22)23)19-21-20-18(24)25-10-16-14-8-4-2-6-12(14)13-7-3-5-9-15(13)16/h2-9,11,16,19,21H,10H2,1H3,(H,20,24)(H,22,23)/t11-/m0/s1. The number of hydrogen-bond donors (Lipinski definition) is 4. The Morgan fingerprint density at radius 3 is 2.20 bits per heavy atom. The Morgan fingerprint density at radius 2 is 1.64 bits per heavy atom. The van der Waals surface area contributed by atoms with Gasteiger partial charge in [0.05, 0.1) is 0 Å². The molecule has 4 N–H and O–H groups in total. The van der Waals surface area contributed by atoms with Crippen molar-refractivity contribution in [2.45, 2.75) is 18.9 Å². The molecule has 0 radical (unpaired) electrons. The highest BCUT2D eigenvalue weighted by Crippen LogP contribution is 2.44. The van der Waals surface area contributed by atoms with E-state index in [0.717, 1.165) is 22.3 Å². The minimum absolute atomic E-state index is 0.0240. The summed E-state index contributed by atoms with van der Waals surface area (Å²) in [5.74, 6) is -1.06. The molecule has 0 saturated heterocycles. The van der Waals surface area contributed by atoms with Crippen molar-refractivity contribution in [1.29, 1.82) is 0 Å². The first kappa shape index (κ1) is 16.9. The molecule has 0 heterocycles. The molecule has 1 amide bonds. The lowest BCUT2D eigenvalue weighted by Crippen LogP contribution is -2.52. The fourth-order valence-electron chi connectivity index (χ4n) is 2.89. The summed E-state index contributed by atoms with van der Waals surface area (Å²) in [6, 6.07) is 15.3. The van der Waals surface area contributed by atoms with Crippen molar-refractivity contribution in [2.24, 2.45) is 0 Å². The van der Waals surface area contributed by atoms with Crippen LogP contribution < -0.4 is 16.4 Å². The second-order valence-corrected chi connectivity index (χ2v) is 5.78. The quantitative estimate of drug-likeness (QED) is 0.600. The predicted octanol–water partition coefficient (Wildman–Crippen LogP) is 2.01. The monoisotopic (exact) mass is 341 g/mol.